The summed E-state index contributed by atoms with van der Waals surface area (Å²) in [5.74, 6) is -0.457. The maximum absolute atomic E-state index is 13.5. The van der Waals surface area contributed by atoms with Crippen molar-refractivity contribution in [2.75, 3.05) is 18.2 Å². The second-order valence-electron chi connectivity index (χ2n) is 6.76. The lowest BCUT2D eigenvalue weighted by molar-refractivity contribution is -0.113. The minimum Gasteiger partial charge on any atom is -0.465 e. The van der Waals surface area contributed by atoms with E-state index >= 15 is 0 Å². The van der Waals surface area contributed by atoms with E-state index < -0.39 is 5.97 Å². The topological polar surface area (TPSA) is 99.0 Å². The third-order valence-corrected chi connectivity index (χ3v) is 5.51. The molecular weight excluding hydrogens is 445 g/mol. The zero-order valence-corrected chi connectivity index (χ0v) is 18.3. The molecule has 0 aliphatic carbocycles. The van der Waals surface area contributed by atoms with Crippen LogP contribution in [0.1, 0.15) is 10.4 Å². The summed E-state index contributed by atoms with van der Waals surface area (Å²) in [6.45, 7) is 0. The van der Waals surface area contributed by atoms with Gasteiger partial charge in [0.15, 0.2) is 11.0 Å². The van der Waals surface area contributed by atoms with Crippen LogP contribution in [0.2, 0.25) is 0 Å². The molecule has 0 aliphatic rings. The number of hydrogen-bond acceptors (Lipinski definition) is 7. The van der Waals surface area contributed by atoms with Gasteiger partial charge in [0.1, 0.15) is 5.82 Å². The Hall–Kier alpha value is -4.05. The van der Waals surface area contributed by atoms with E-state index in [0.29, 0.717) is 27.9 Å². The van der Waals surface area contributed by atoms with Gasteiger partial charge in [-0.3, -0.25) is 14.3 Å². The van der Waals surface area contributed by atoms with Gasteiger partial charge in [-0.05, 0) is 60.7 Å². The van der Waals surface area contributed by atoms with Gasteiger partial charge in [0.05, 0.1) is 18.4 Å². The molecule has 166 valence electrons. The van der Waals surface area contributed by atoms with Crippen LogP contribution in [-0.2, 0) is 9.53 Å². The molecule has 10 heteroatoms. The normalized spacial score (nSPS) is 10.6. The fourth-order valence-corrected chi connectivity index (χ4v) is 3.76. The van der Waals surface area contributed by atoms with E-state index in [1.807, 2.05) is 0 Å². The Kier molecular flexibility index (Phi) is 6.75. The predicted molar refractivity (Wildman–Crippen MR) is 122 cm³/mol. The van der Waals surface area contributed by atoms with Crippen molar-refractivity contribution in [2.24, 2.45) is 0 Å². The molecule has 0 spiro atoms. The van der Waals surface area contributed by atoms with Crippen molar-refractivity contribution in [3.63, 3.8) is 0 Å². The van der Waals surface area contributed by atoms with Crippen molar-refractivity contribution >= 4 is 29.3 Å². The van der Waals surface area contributed by atoms with E-state index in [1.165, 1.54) is 31.0 Å². The fourth-order valence-electron chi connectivity index (χ4n) is 3.01. The number of anilines is 1. The molecule has 0 aliphatic heterocycles. The predicted octanol–water partition coefficient (Wildman–Crippen LogP) is 3.99. The van der Waals surface area contributed by atoms with E-state index in [9.17, 15) is 14.0 Å². The summed E-state index contributed by atoms with van der Waals surface area (Å²) in [4.78, 5) is 28.0. The van der Waals surface area contributed by atoms with Gasteiger partial charge < -0.3 is 10.1 Å². The number of nitrogens with one attached hydrogen (secondary N) is 1. The summed E-state index contributed by atoms with van der Waals surface area (Å²) in [5.41, 5.74) is 2.38. The Morgan fingerprint density at radius 1 is 1.00 bits per heavy atom. The third kappa shape index (κ3) is 5.24. The van der Waals surface area contributed by atoms with E-state index in [-0.39, 0.29) is 17.5 Å². The molecule has 0 fully saturated rings. The van der Waals surface area contributed by atoms with Crippen LogP contribution >= 0.6 is 11.8 Å². The minimum absolute atomic E-state index is 0.0639. The Bertz CT molecular complexity index is 1260. The standard InChI is InChI=1S/C23H18FN5O3S/c1-32-22(31)16-2-6-18(7-3-16)26-20(30)14-33-23-28-27-21(15-10-12-25-13-11-15)29(23)19-8-4-17(24)5-9-19/h2-13H,14H2,1H3,(H,26,30). The number of carbonyl (C=O) groups is 2. The molecule has 4 aromatic rings. The van der Waals surface area contributed by atoms with Crippen LogP contribution in [0.5, 0.6) is 0 Å². The number of benzene rings is 2. The number of nitrogens with zero attached hydrogens (tertiary/aromatic N) is 4. The summed E-state index contributed by atoms with van der Waals surface area (Å²) in [7, 11) is 1.31. The molecule has 0 atom stereocenters. The number of carbonyl (C=O) groups excluding carboxylic acids is 2. The first-order valence-electron chi connectivity index (χ1n) is 9.78. The molecule has 0 saturated carbocycles. The molecule has 0 radical (unpaired) electrons. The van der Waals surface area contributed by atoms with Crippen LogP contribution in [0, 0.1) is 5.82 Å². The molecule has 1 N–H and O–H groups in total. The highest BCUT2D eigenvalue weighted by molar-refractivity contribution is 7.99. The summed E-state index contributed by atoms with van der Waals surface area (Å²) in [6, 6.07) is 15.9. The molecular formula is C23H18FN5O3S. The molecule has 33 heavy (non-hydrogen) atoms. The van der Waals surface area contributed by atoms with E-state index in [4.69, 9.17) is 0 Å². The van der Waals surface area contributed by atoms with Crippen molar-refractivity contribution in [2.45, 2.75) is 5.16 Å². The van der Waals surface area contributed by atoms with Crippen LogP contribution in [-0.4, -0.2) is 44.5 Å². The minimum atomic E-state index is -0.450. The first-order chi connectivity index (χ1) is 16.0. The van der Waals surface area contributed by atoms with Crippen LogP contribution in [0.4, 0.5) is 10.1 Å². The number of aromatic nitrogens is 4. The largest absolute Gasteiger partial charge is 0.465 e. The lowest BCUT2D eigenvalue weighted by atomic mass is 10.2. The number of methoxy groups -OCH3 is 1. The van der Waals surface area contributed by atoms with Crippen LogP contribution in [0.15, 0.2) is 78.2 Å². The number of ether oxygens (including phenoxy) is 1. The molecule has 2 aromatic carbocycles. The zero-order valence-electron chi connectivity index (χ0n) is 17.4. The Morgan fingerprint density at radius 3 is 2.36 bits per heavy atom. The highest BCUT2D eigenvalue weighted by atomic mass is 32.2. The van der Waals surface area contributed by atoms with Gasteiger partial charge in [-0.1, -0.05) is 11.8 Å². The summed E-state index contributed by atoms with van der Waals surface area (Å²) in [6.07, 6.45) is 3.29. The number of hydrogen-bond donors (Lipinski definition) is 1. The first-order valence-corrected chi connectivity index (χ1v) is 10.8. The lowest BCUT2D eigenvalue weighted by Crippen LogP contribution is -2.14. The molecule has 2 heterocycles. The van der Waals surface area contributed by atoms with Crippen LogP contribution < -0.4 is 5.32 Å². The Labute approximate surface area is 192 Å². The van der Waals surface area contributed by atoms with E-state index in [1.54, 1.807) is 65.5 Å². The van der Waals surface area contributed by atoms with Gasteiger partial charge >= 0.3 is 5.97 Å². The maximum atomic E-state index is 13.5. The highest BCUT2D eigenvalue weighted by Gasteiger charge is 2.17. The Balaban J connectivity index is 1.52. The maximum Gasteiger partial charge on any atom is 0.337 e. The number of halogens is 1. The van der Waals surface area contributed by atoms with Gasteiger partial charge in [0.25, 0.3) is 0 Å². The second-order valence-corrected chi connectivity index (χ2v) is 7.70. The van der Waals surface area contributed by atoms with Gasteiger partial charge in [0.2, 0.25) is 5.91 Å². The van der Waals surface area contributed by atoms with Crippen LogP contribution in [0.3, 0.4) is 0 Å². The van der Waals surface area contributed by atoms with E-state index in [0.717, 1.165) is 5.56 Å². The molecule has 0 bridgehead atoms. The third-order valence-electron chi connectivity index (χ3n) is 4.58. The number of thioether (sulfide) groups is 1. The number of rotatable bonds is 7. The zero-order chi connectivity index (χ0) is 23.2. The number of esters is 1. The first kappa shape index (κ1) is 22.2. The van der Waals surface area contributed by atoms with Crippen LogP contribution in [0.25, 0.3) is 17.1 Å². The fraction of sp³-hybridized carbons (Fsp3) is 0.0870. The number of amides is 1. The SMILES string of the molecule is COC(=O)c1ccc(NC(=O)CSc2nnc(-c3ccncc3)n2-c2ccc(F)cc2)cc1. The van der Waals surface area contributed by atoms with Crippen molar-refractivity contribution in [3.8, 4) is 17.1 Å². The summed E-state index contributed by atoms with van der Waals surface area (Å²) in [5, 5.41) is 11.8. The summed E-state index contributed by atoms with van der Waals surface area (Å²) >= 11 is 1.19. The van der Waals surface area contributed by atoms with Crippen molar-refractivity contribution < 1.29 is 18.7 Å². The molecule has 1 amide bonds. The monoisotopic (exact) mass is 463 g/mol. The molecule has 0 unspecified atom stereocenters. The van der Waals surface area contributed by atoms with Gasteiger partial charge in [0, 0.05) is 29.3 Å². The van der Waals surface area contributed by atoms with Crippen molar-refractivity contribution in [1.29, 1.82) is 0 Å². The van der Waals surface area contributed by atoms with Crippen molar-refractivity contribution in [1.82, 2.24) is 19.7 Å². The van der Waals surface area contributed by atoms with Gasteiger partial charge in [-0.15, -0.1) is 10.2 Å². The molecule has 2 aromatic heterocycles. The summed E-state index contributed by atoms with van der Waals surface area (Å²) < 4.78 is 19.9. The van der Waals surface area contributed by atoms with Gasteiger partial charge in [-0.2, -0.15) is 0 Å². The second kappa shape index (κ2) is 10.0. The quantitative estimate of drug-likeness (QED) is 0.327. The highest BCUT2D eigenvalue weighted by Crippen LogP contribution is 2.28. The molecule has 4 rings (SSSR count). The number of pyridine rings is 1. The molecule has 8 nitrogen and oxygen atoms in total. The Morgan fingerprint density at radius 2 is 1.70 bits per heavy atom. The lowest BCUT2D eigenvalue weighted by Gasteiger charge is -2.10. The molecule has 0 saturated heterocycles. The average Bonchev–Trinajstić information content (AvgIpc) is 3.28. The average molecular weight is 463 g/mol. The van der Waals surface area contributed by atoms with E-state index in [2.05, 4.69) is 25.2 Å². The van der Waals surface area contributed by atoms with Crippen molar-refractivity contribution in [3.05, 3.63) is 84.4 Å². The van der Waals surface area contributed by atoms with Gasteiger partial charge in [-0.25, -0.2) is 9.18 Å². The smallest absolute Gasteiger partial charge is 0.337 e.